The molecule has 0 unspecified atom stereocenters. The summed E-state index contributed by atoms with van der Waals surface area (Å²) in [5.74, 6) is -3.81. The maximum atomic E-state index is 13.3. The van der Waals surface area contributed by atoms with Crippen LogP contribution in [0.5, 0.6) is 5.75 Å². The van der Waals surface area contributed by atoms with E-state index in [4.69, 9.17) is 4.79 Å². The standard InChI is InChI=1S/C23H23F2N3O3.CH2O/c1-13-6-4-5-7-16(13)19(29)9-8-17-18(22(31)27-11-23(24,25)12-27)10-28-15(3)14(2)26-21(28)20(17)30;1-2/h4-7,10,30H,8-9,11-12H2,1-3H3;1H2. The molecule has 0 saturated carbocycles. The quantitative estimate of drug-likeness (QED) is 0.590. The van der Waals surface area contributed by atoms with E-state index >= 15 is 0 Å². The Morgan fingerprint density at radius 1 is 1.12 bits per heavy atom. The Labute approximate surface area is 189 Å². The van der Waals surface area contributed by atoms with Gasteiger partial charge in [-0.1, -0.05) is 24.3 Å². The van der Waals surface area contributed by atoms with Crippen LogP contribution < -0.4 is 0 Å². The number of aromatic nitrogens is 2. The number of amides is 1. The van der Waals surface area contributed by atoms with Crippen molar-refractivity contribution in [1.82, 2.24) is 14.3 Å². The van der Waals surface area contributed by atoms with Crippen LogP contribution in [0, 0.1) is 20.8 Å². The number of Topliss-reactive ketones (excluding diaryl/α,β-unsaturated/α-hetero) is 1. The van der Waals surface area contributed by atoms with Gasteiger partial charge in [0.05, 0.1) is 24.3 Å². The first-order chi connectivity index (χ1) is 15.6. The van der Waals surface area contributed by atoms with E-state index in [0.717, 1.165) is 16.2 Å². The number of imidazole rings is 1. The lowest BCUT2D eigenvalue weighted by atomic mass is 9.96. The number of nitrogens with zero attached hydrogens (tertiary/aromatic N) is 3. The minimum atomic E-state index is -2.90. The van der Waals surface area contributed by atoms with Crippen molar-refractivity contribution in [2.75, 3.05) is 13.1 Å². The molecule has 0 atom stereocenters. The van der Waals surface area contributed by atoms with Crippen molar-refractivity contribution in [3.8, 4) is 5.75 Å². The highest BCUT2D eigenvalue weighted by Crippen LogP contribution is 2.34. The highest BCUT2D eigenvalue weighted by atomic mass is 19.3. The van der Waals surface area contributed by atoms with Crippen LogP contribution in [0.4, 0.5) is 8.78 Å². The topological polar surface area (TPSA) is 92.0 Å². The van der Waals surface area contributed by atoms with Crippen LogP contribution in [0.1, 0.15) is 49.7 Å². The van der Waals surface area contributed by atoms with E-state index in [0.29, 0.717) is 11.3 Å². The molecule has 1 saturated heterocycles. The molecular weight excluding hydrogens is 432 g/mol. The molecule has 3 aromatic rings. The summed E-state index contributed by atoms with van der Waals surface area (Å²) in [6, 6.07) is 7.19. The predicted molar refractivity (Wildman–Crippen MR) is 118 cm³/mol. The van der Waals surface area contributed by atoms with Crippen molar-refractivity contribution >= 4 is 24.1 Å². The lowest BCUT2D eigenvalue weighted by Gasteiger charge is -2.39. The zero-order chi connectivity index (χ0) is 24.5. The molecule has 9 heteroatoms. The van der Waals surface area contributed by atoms with E-state index in [1.807, 2.05) is 25.8 Å². The molecule has 174 valence electrons. The summed E-state index contributed by atoms with van der Waals surface area (Å²) in [6.45, 7) is 6.09. The molecule has 0 bridgehead atoms. The fourth-order valence-electron chi connectivity index (χ4n) is 3.94. The molecule has 33 heavy (non-hydrogen) atoms. The van der Waals surface area contributed by atoms with Gasteiger partial charge in [0.25, 0.3) is 11.8 Å². The highest BCUT2D eigenvalue weighted by molar-refractivity contribution is 5.99. The number of aryl methyl sites for hydroxylation is 3. The minimum absolute atomic E-state index is 0.0592. The number of hydrogen-bond acceptors (Lipinski definition) is 5. The molecular formula is C24H25F2N3O4. The predicted octanol–water partition coefficient (Wildman–Crippen LogP) is 3.69. The number of ketones is 1. The molecule has 1 aromatic carbocycles. The van der Waals surface area contributed by atoms with Crippen molar-refractivity contribution in [3.63, 3.8) is 0 Å². The minimum Gasteiger partial charge on any atom is -0.504 e. The van der Waals surface area contributed by atoms with Crippen molar-refractivity contribution in [2.45, 2.75) is 39.5 Å². The van der Waals surface area contributed by atoms with Crippen LogP contribution in [0.3, 0.4) is 0 Å². The lowest BCUT2D eigenvalue weighted by molar-refractivity contribution is -0.113. The van der Waals surface area contributed by atoms with Crippen LogP contribution in [0.25, 0.3) is 5.65 Å². The molecule has 0 radical (unpaired) electrons. The van der Waals surface area contributed by atoms with Gasteiger partial charge in [0.15, 0.2) is 17.2 Å². The number of rotatable bonds is 5. The van der Waals surface area contributed by atoms with E-state index in [2.05, 4.69) is 4.98 Å². The Kier molecular flexibility index (Phi) is 6.62. The average Bonchev–Trinajstić information content (AvgIpc) is 3.06. The molecule has 1 fully saturated rings. The Morgan fingerprint density at radius 3 is 2.36 bits per heavy atom. The molecule has 3 heterocycles. The monoisotopic (exact) mass is 457 g/mol. The van der Waals surface area contributed by atoms with Crippen LogP contribution in [-0.4, -0.2) is 56.9 Å². The van der Waals surface area contributed by atoms with E-state index in [1.54, 1.807) is 30.4 Å². The van der Waals surface area contributed by atoms with E-state index < -0.39 is 24.9 Å². The van der Waals surface area contributed by atoms with E-state index in [1.165, 1.54) is 6.20 Å². The van der Waals surface area contributed by atoms with Gasteiger partial charge in [0, 0.05) is 29.4 Å². The number of carbonyl (C=O) groups excluding carboxylic acids is 3. The largest absolute Gasteiger partial charge is 0.504 e. The lowest BCUT2D eigenvalue weighted by Crippen LogP contribution is -2.58. The fourth-order valence-corrected chi connectivity index (χ4v) is 3.94. The summed E-state index contributed by atoms with van der Waals surface area (Å²) in [4.78, 5) is 39.1. The SMILES string of the molecule is C=O.Cc1ccccc1C(=O)CCc1c(C(=O)N2CC(F)(F)C2)cn2c(C)c(C)nc2c1O. The molecule has 0 spiro atoms. The Morgan fingerprint density at radius 2 is 1.76 bits per heavy atom. The van der Waals surface area contributed by atoms with Gasteiger partial charge in [0.2, 0.25) is 0 Å². The van der Waals surface area contributed by atoms with Crippen molar-refractivity contribution in [3.05, 3.63) is 64.1 Å². The van der Waals surface area contributed by atoms with Crippen LogP contribution >= 0.6 is 0 Å². The number of pyridine rings is 1. The van der Waals surface area contributed by atoms with Gasteiger partial charge in [-0.05, 0) is 32.8 Å². The third-order valence-electron chi connectivity index (χ3n) is 5.88. The molecule has 2 aromatic heterocycles. The second kappa shape index (κ2) is 9.09. The van der Waals surface area contributed by atoms with Crippen LogP contribution in [-0.2, 0) is 11.2 Å². The van der Waals surface area contributed by atoms with E-state index in [-0.39, 0.29) is 41.1 Å². The number of likely N-dealkylation sites (tertiary alicyclic amines) is 1. The molecule has 1 aliphatic heterocycles. The van der Waals surface area contributed by atoms with Gasteiger partial charge in [-0.25, -0.2) is 13.8 Å². The first kappa shape index (κ1) is 24.0. The third-order valence-corrected chi connectivity index (χ3v) is 5.88. The number of halogens is 2. The summed E-state index contributed by atoms with van der Waals surface area (Å²) >= 11 is 0. The second-order valence-corrected chi connectivity index (χ2v) is 8.10. The summed E-state index contributed by atoms with van der Waals surface area (Å²) in [7, 11) is 0. The van der Waals surface area contributed by atoms with Crippen molar-refractivity contribution in [2.24, 2.45) is 0 Å². The third kappa shape index (κ3) is 4.48. The summed E-state index contributed by atoms with van der Waals surface area (Å²) in [5, 5.41) is 10.9. The highest BCUT2D eigenvalue weighted by Gasteiger charge is 2.47. The summed E-state index contributed by atoms with van der Waals surface area (Å²) in [5.41, 5.74) is 3.46. The molecule has 0 aliphatic carbocycles. The van der Waals surface area contributed by atoms with E-state index in [9.17, 15) is 23.5 Å². The fraction of sp³-hybridized carbons (Fsp3) is 0.333. The molecule has 1 N–H and O–H groups in total. The number of hydrogen-bond donors (Lipinski definition) is 1. The Hall–Kier alpha value is -3.62. The van der Waals surface area contributed by atoms with Gasteiger partial charge < -0.3 is 19.2 Å². The zero-order valence-electron chi connectivity index (χ0n) is 18.7. The van der Waals surface area contributed by atoms with Gasteiger partial charge in [-0.3, -0.25) is 9.59 Å². The first-order valence-electron chi connectivity index (χ1n) is 10.3. The van der Waals surface area contributed by atoms with Crippen LogP contribution in [0.15, 0.2) is 30.5 Å². The maximum absolute atomic E-state index is 13.3. The van der Waals surface area contributed by atoms with Crippen molar-refractivity contribution < 1.29 is 28.3 Å². The maximum Gasteiger partial charge on any atom is 0.282 e. The number of fused-ring (bicyclic) bond motifs is 1. The molecule has 4 rings (SSSR count). The normalized spacial score (nSPS) is 14.4. The number of benzene rings is 1. The molecule has 7 nitrogen and oxygen atoms in total. The Bertz CT molecular complexity index is 1230. The summed E-state index contributed by atoms with van der Waals surface area (Å²) < 4.78 is 28.3. The van der Waals surface area contributed by atoms with Gasteiger partial charge in [-0.2, -0.15) is 0 Å². The molecule has 1 aliphatic rings. The number of carbonyl (C=O) groups is 3. The summed E-state index contributed by atoms with van der Waals surface area (Å²) in [6.07, 6.45) is 1.67. The average molecular weight is 457 g/mol. The Balaban J connectivity index is 0.00000149. The van der Waals surface area contributed by atoms with Gasteiger partial charge >= 0.3 is 0 Å². The number of alkyl halides is 2. The second-order valence-electron chi connectivity index (χ2n) is 8.10. The first-order valence-corrected chi connectivity index (χ1v) is 10.3. The molecule has 1 amide bonds. The zero-order valence-corrected chi connectivity index (χ0v) is 18.7. The smallest absolute Gasteiger partial charge is 0.282 e. The van der Waals surface area contributed by atoms with Crippen LogP contribution in [0.2, 0.25) is 0 Å². The number of aromatic hydroxyl groups is 1. The van der Waals surface area contributed by atoms with Gasteiger partial charge in [0.1, 0.15) is 6.79 Å². The van der Waals surface area contributed by atoms with Gasteiger partial charge in [-0.15, -0.1) is 0 Å². The van der Waals surface area contributed by atoms with Crippen molar-refractivity contribution in [1.29, 1.82) is 0 Å².